The molecule has 4 amide bonds. The van der Waals surface area contributed by atoms with Crippen molar-refractivity contribution >= 4 is 34.7 Å². The van der Waals surface area contributed by atoms with Gasteiger partial charge in [0.1, 0.15) is 12.1 Å². The Morgan fingerprint density at radius 3 is 2.28 bits per heavy atom. The molecule has 260 valence electrons. The number of aromatic nitrogens is 1. The van der Waals surface area contributed by atoms with Gasteiger partial charge in [0.15, 0.2) is 5.82 Å². The molecule has 1 saturated heterocycles. The van der Waals surface area contributed by atoms with Crippen molar-refractivity contribution in [3.8, 4) is 0 Å². The summed E-state index contributed by atoms with van der Waals surface area (Å²) < 4.78 is 27.9. The van der Waals surface area contributed by atoms with Crippen LogP contribution in [0, 0.1) is 18.7 Å². The number of rotatable bonds is 14. The number of nitrogens with zero attached hydrogens (tertiary/aromatic N) is 4. The Labute approximate surface area is 274 Å². The minimum absolute atomic E-state index is 0.0444. The molecule has 0 spiro atoms. The van der Waals surface area contributed by atoms with Crippen LogP contribution in [0.1, 0.15) is 55.1 Å². The molecule has 0 bridgehead atoms. The molecule has 47 heavy (non-hydrogen) atoms. The van der Waals surface area contributed by atoms with Gasteiger partial charge in [-0.2, -0.15) is 0 Å². The van der Waals surface area contributed by atoms with Crippen molar-refractivity contribution in [2.24, 2.45) is 5.92 Å². The fourth-order valence-electron chi connectivity index (χ4n) is 6.38. The molecule has 1 aliphatic carbocycles. The summed E-state index contributed by atoms with van der Waals surface area (Å²) in [7, 11) is 1.32. The second-order valence-electron chi connectivity index (χ2n) is 12.3. The maximum absolute atomic E-state index is 15.3. The van der Waals surface area contributed by atoms with Gasteiger partial charge in [0.25, 0.3) is 5.91 Å². The Kier molecular flexibility index (Phi) is 13.0. The number of aliphatic hydroxyl groups is 1. The number of fused-ring (bicyclic) bond motifs is 1. The van der Waals surface area contributed by atoms with E-state index in [4.69, 9.17) is 14.6 Å². The number of amides is 4. The first-order valence-electron chi connectivity index (χ1n) is 16.4. The minimum Gasteiger partial charge on any atom is -0.465 e. The monoisotopic (exact) mass is 661 g/mol. The molecule has 14 heteroatoms. The van der Waals surface area contributed by atoms with Gasteiger partial charge < -0.3 is 39.4 Å². The fourth-order valence-corrected chi connectivity index (χ4v) is 6.38. The van der Waals surface area contributed by atoms with Gasteiger partial charge in [-0.25, -0.2) is 9.18 Å². The van der Waals surface area contributed by atoms with Crippen molar-refractivity contribution in [3.05, 3.63) is 35.3 Å². The van der Waals surface area contributed by atoms with Crippen LogP contribution in [0.25, 0.3) is 10.9 Å². The van der Waals surface area contributed by atoms with Gasteiger partial charge in [0.2, 0.25) is 11.8 Å². The summed E-state index contributed by atoms with van der Waals surface area (Å²) in [5.74, 6) is -1.43. The Balaban J connectivity index is 1.38. The molecule has 13 nitrogen and oxygen atoms in total. The number of halogens is 1. The van der Waals surface area contributed by atoms with Crippen LogP contribution >= 0.6 is 0 Å². The highest BCUT2D eigenvalue weighted by Gasteiger charge is 2.37. The first-order chi connectivity index (χ1) is 22.5. The van der Waals surface area contributed by atoms with Gasteiger partial charge in [-0.1, -0.05) is 19.3 Å². The van der Waals surface area contributed by atoms with E-state index in [9.17, 15) is 24.3 Å². The summed E-state index contributed by atoms with van der Waals surface area (Å²) in [5.41, 5.74) is 1.46. The van der Waals surface area contributed by atoms with Gasteiger partial charge in [-0.15, -0.1) is 0 Å². The maximum atomic E-state index is 15.3. The second-order valence-corrected chi connectivity index (χ2v) is 12.3. The number of nitrogens with one attached hydrogen (secondary N) is 1. The minimum atomic E-state index is -1.23. The van der Waals surface area contributed by atoms with Gasteiger partial charge >= 0.3 is 6.09 Å². The summed E-state index contributed by atoms with van der Waals surface area (Å²) in [6.07, 6.45) is 3.35. The molecular weight excluding hydrogens is 613 g/mol. The highest BCUT2D eigenvalue weighted by molar-refractivity contribution is 5.99. The molecule has 1 aliphatic heterocycles. The number of likely N-dealkylation sites (N-methyl/N-ethyl adjacent to an activating group) is 1. The largest absolute Gasteiger partial charge is 0.465 e. The van der Waals surface area contributed by atoms with Crippen molar-refractivity contribution in [1.82, 2.24) is 24.6 Å². The van der Waals surface area contributed by atoms with Crippen molar-refractivity contribution in [1.29, 1.82) is 0 Å². The van der Waals surface area contributed by atoms with E-state index in [2.05, 4.69) is 5.32 Å². The maximum Gasteiger partial charge on any atom is 0.407 e. The molecule has 2 heterocycles. The lowest BCUT2D eigenvalue weighted by atomic mass is 9.83. The van der Waals surface area contributed by atoms with E-state index in [-0.39, 0.29) is 57.1 Å². The van der Waals surface area contributed by atoms with Crippen LogP contribution in [0.15, 0.2) is 18.2 Å². The molecule has 0 radical (unpaired) electrons. The van der Waals surface area contributed by atoms with E-state index in [0.717, 1.165) is 37.0 Å². The predicted molar refractivity (Wildman–Crippen MR) is 172 cm³/mol. The van der Waals surface area contributed by atoms with Crippen molar-refractivity contribution in [3.63, 3.8) is 0 Å². The first kappa shape index (κ1) is 36.1. The topological polar surface area (TPSA) is 154 Å². The zero-order valence-electron chi connectivity index (χ0n) is 27.6. The third-order valence-corrected chi connectivity index (χ3v) is 9.39. The van der Waals surface area contributed by atoms with Crippen LogP contribution in [0.5, 0.6) is 0 Å². The zero-order chi connectivity index (χ0) is 34.1. The summed E-state index contributed by atoms with van der Waals surface area (Å²) in [5, 5.41) is 21.3. The molecule has 2 aliphatic rings. The Bertz CT molecular complexity index is 1400. The highest BCUT2D eigenvalue weighted by atomic mass is 19.1. The molecule has 2 unspecified atom stereocenters. The normalized spacial score (nSPS) is 17.0. The van der Waals surface area contributed by atoms with Gasteiger partial charge in [-0.05, 0) is 50.8 Å². The summed E-state index contributed by atoms with van der Waals surface area (Å²) in [6, 6.07) is 3.27. The molecule has 2 aromatic rings. The van der Waals surface area contributed by atoms with Crippen LogP contribution in [-0.2, 0) is 25.6 Å². The number of carbonyl (C=O) groups is 4. The fraction of sp³-hybridized carbons (Fsp3) is 0.636. The summed E-state index contributed by atoms with van der Waals surface area (Å²) >= 11 is 0. The second kappa shape index (κ2) is 16.9. The molecular formula is C33H48FN5O8. The number of carbonyl (C=O) groups excluding carboxylic acids is 3. The third kappa shape index (κ3) is 8.79. The molecule has 4 rings (SSSR count). The summed E-state index contributed by atoms with van der Waals surface area (Å²) in [4.78, 5) is 55.9. The van der Waals surface area contributed by atoms with Crippen molar-refractivity contribution < 1.29 is 43.3 Å². The number of benzene rings is 1. The Morgan fingerprint density at radius 2 is 1.64 bits per heavy atom. The number of piperazine rings is 1. The van der Waals surface area contributed by atoms with E-state index >= 15 is 4.39 Å². The zero-order valence-corrected chi connectivity index (χ0v) is 27.6. The quantitative estimate of drug-likeness (QED) is 0.261. The van der Waals surface area contributed by atoms with E-state index in [1.165, 1.54) is 14.0 Å². The van der Waals surface area contributed by atoms with Gasteiger partial charge in [-0.3, -0.25) is 19.3 Å². The number of hydrogen-bond acceptors (Lipinski definition) is 7. The lowest BCUT2D eigenvalue weighted by molar-refractivity contribution is -0.140. The number of aliphatic hydroxyl groups excluding tert-OH is 1. The first-order valence-corrected chi connectivity index (χ1v) is 16.4. The van der Waals surface area contributed by atoms with Crippen LogP contribution in [-0.4, -0.2) is 132 Å². The molecule has 1 aromatic carbocycles. The number of carboxylic acid groups (broad SMARTS) is 1. The van der Waals surface area contributed by atoms with Gasteiger partial charge in [0, 0.05) is 50.7 Å². The van der Waals surface area contributed by atoms with E-state index in [0.29, 0.717) is 48.5 Å². The SMILES string of the molecule is Cc1c(F)c2cc(C(=O)N3CCN(C(=O)C(NC(=O)C(C)N(C)C(=O)O)C4CCCCC4)CC3)ccc2n1CCOCCOCCO. The van der Waals surface area contributed by atoms with E-state index < -0.39 is 29.9 Å². The lowest BCUT2D eigenvalue weighted by Crippen LogP contribution is -2.59. The van der Waals surface area contributed by atoms with Crippen LogP contribution in [0.3, 0.4) is 0 Å². The molecule has 3 N–H and O–H groups in total. The third-order valence-electron chi connectivity index (χ3n) is 9.39. The predicted octanol–water partition coefficient (Wildman–Crippen LogP) is 2.46. The standard InChI is InChI=1S/C33H48FN5O8/c1-22-28(34)26-21-25(9-10-27(26)39(22)15-17-46-19-20-47-18-16-40)31(42)37-11-13-38(14-12-37)32(43)29(24-7-5-4-6-8-24)35-30(41)23(2)36(3)33(44)45/h9-10,21,23-24,29,40H,4-8,11-20H2,1-3H3,(H,35,41)(H,44,45). The number of ether oxygens (including phenoxy) is 2. The molecule has 1 saturated carbocycles. The number of hydrogen-bond donors (Lipinski definition) is 3. The summed E-state index contributed by atoms with van der Waals surface area (Å²) in [6.45, 7) is 6.00. The smallest absolute Gasteiger partial charge is 0.407 e. The molecule has 2 fully saturated rings. The van der Waals surface area contributed by atoms with Crippen LogP contribution in [0.4, 0.5) is 9.18 Å². The lowest BCUT2D eigenvalue weighted by Gasteiger charge is -2.39. The van der Waals surface area contributed by atoms with E-state index in [1.807, 2.05) is 4.57 Å². The van der Waals surface area contributed by atoms with Gasteiger partial charge in [0.05, 0.1) is 44.2 Å². The molecule has 1 aromatic heterocycles. The van der Waals surface area contributed by atoms with Crippen molar-refractivity contribution in [2.45, 2.75) is 64.6 Å². The van der Waals surface area contributed by atoms with Crippen molar-refractivity contribution in [2.75, 3.05) is 66.3 Å². The van der Waals surface area contributed by atoms with Crippen LogP contribution in [0.2, 0.25) is 0 Å². The molecule has 2 atom stereocenters. The Hall–Kier alpha value is -3.75. The van der Waals surface area contributed by atoms with Crippen LogP contribution < -0.4 is 5.32 Å². The average Bonchev–Trinajstić information content (AvgIpc) is 3.33. The Morgan fingerprint density at radius 1 is 1.00 bits per heavy atom. The van der Waals surface area contributed by atoms with E-state index in [1.54, 1.807) is 34.9 Å². The highest BCUT2D eigenvalue weighted by Crippen LogP contribution is 2.29. The average molecular weight is 662 g/mol.